The summed E-state index contributed by atoms with van der Waals surface area (Å²) in [6.45, 7) is 3.17. The fraction of sp³-hybridized carbons (Fsp3) is 0.607. The van der Waals surface area contributed by atoms with Gasteiger partial charge in [0, 0.05) is 19.0 Å². The Balaban J connectivity index is 1.32. The molecule has 0 saturated carbocycles. The first-order valence-electron chi connectivity index (χ1n) is 14.0. The molecule has 212 valence electrons. The summed E-state index contributed by atoms with van der Waals surface area (Å²) in [7, 11) is 4.55. The van der Waals surface area contributed by atoms with Gasteiger partial charge in [0.05, 0.1) is 39.8 Å². The van der Waals surface area contributed by atoms with Crippen molar-refractivity contribution in [3.63, 3.8) is 0 Å². The van der Waals surface area contributed by atoms with Crippen LogP contribution in [0.2, 0.25) is 0 Å². The highest BCUT2D eigenvalue weighted by atomic mass is 16.4. The second-order valence-electron chi connectivity index (χ2n) is 11.6. The van der Waals surface area contributed by atoms with Crippen molar-refractivity contribution in [1.82, 2.24) is 15.2 Å². The van der Waals surface area contributed by atoms with E-state index >= 15 is 0 Å². The predicted octanol–water partition coefficient (Wildman–Crippen LogP) is 1.66. The van der Waals surface area contributed by atoms with Crippen LogP contribution in [0, 0.1) is 11.8 Å². The van der Waals surface area contributed by atoms with Crippen molar-refractivity contribution in [2.24, 2.45) is 28.3 Å². The number of hydrogen-bond donors (Lipinski definition) is 3. The van der Waals surface area contributed by atoms with Crippen LogP contribution in [-0.2, 0) is 9.59 Å². The SMILES string of the molecule is C[N+]1(C)CCC(CCC2CCN(CC(=O)N[C@@H](CCCN=C(N)N)C(=O)c3nc4ccccc4o3)C2=O)CC1. The molecule has 2 aliphatic heterocycles. The third-order valence-corrected chi connectivity index (χ3v) is 8.05. The number of carbonyl (C=O) groups is 3. The Morgan fingerprint density at radius 3 is 2.64 bits per heavy atom. The van der Waals surface area contributed by atoms with Crippen LogP contribution in [0.5, 0.6) is 0 Å². The summed E-state index contributed by atoms with van der Waals surface area (Å²) in [5.41, 5.74) is 11.9. The molecule has 39 heavy (non-hydrogen) atoms. The number of fused-ring (bicyclic) bond motifs is 1. The first-order chi connectivity index (χ1) is 18.6. The molecule has 0 aliphatic carbocycles. The summed E-state index contributed by atoms with van der Waals surface area (Å²) >= 11 is 0. The molecule has 4 rings (SSSR count). The minimum Gasteiger partial charge on any atom is -0.434 e. The molecule has 0 spiro atoms. The number of nitrogens with two attached hydrogens (primary N) is 2. The lowest BCUT2D eigenvalue weighted by Crippen LogP contribution is -2.46. The van der Waals surface area contributed by atoms with E-state index in [4.69, 9.17) is 15.9 Å². The molecule has 2 amide bonds. The summed E-state index contributed by atoms with van der Waals surface area (Å²) < 4.78 is 6.72. The average Bonchev–Trinajstić information content (AvgIpc) is 3.48. The number of rotatable bonds is 12. The maximum absolute atomic E-state index is 13.3. The molecule has 2 saturated heterocycles. The van der Waals surface area contributed by atoms with E-state index in [1.54, 1.807) is 23.1 Å². The Bertz CT molecular complexity index is 1160. The maximum Gasteiger partial charge on any atom is 0.266 e. The molecule has 1 aromatic heterocycles. The van der Waals surface area contributed by atoms with E-state index in [0.29, 0.717) is 42.9 Å². The molecule has 0 radical (unpaired) electrons. The molecule has 11 heteroatoms. The van der Waals surface area contributed by atoms with Crippen LogP contribution in [0.1, 0.15) is 55.6 Å². The zero-order chi connectivity index (χ0) is 28.0. The number of carbonyl (C=O) groups excluding carboxylic acids is 3. The number of quaternary nitrogens is 1. The zero-order valence-electron chi connectivity index (χ0n) is 23.1. The molecule has 2 atom stereocenters. The van der Waals surface area contributed by atoms with E-state index in [2.05, 4.69) is 29.4 Å². The van der Waals surface area contributed by atoms with Crippen molar-refractivity contribution in [1.29, 1.82) is 0 Å². The lowest BCUT2D eigenvalue weighted by Gasteiger charge is -2.37. The molecule has 2 aromatic rings. The molecule has 1 unspecified atom stereocenters. The summed E-state index contributed by atoms with van der Waals surface area (Å²) in [6.07, 6.45) is 5.89. The predicted molar refractivity (Wildman–Crippen MR) is 149 cm³/mol. The van der Waals surface area contributed by atoms with E-state index in [1.165, 1.54) is 25.9 Å². The van der Waals surface area contributed by atoms with E-state index in [1.807, 2.05) is 6.07 Å². The first kappa shape index (κ1) is 28.5. The largest absolute Gasteiger partial charge is 0.434 e. The van der Waals surface area contributed by atoms with Crippen molar-refractivity contribution in [3.8, 4) is 0 Å². The molecule has 11 nitrogen and oxygen atoms in total. The van der Waals surface area contributed by atoms with Crippen molar-refractivity contribution in [2.75, 3.05) is 46.8 Å². The fourth-order valence-corrected chi connectivity index (χ4v) is 5.59. The maximum atomic E-state index is 13.3. The number of para-hydroxylation sites is 2. The van der Waals surface area contributed by atoms with E-state index < -0.39 is 11.8 Å². The summed E-state index contributed by atoms with van der Waals surface area (Å²) in [4.78, 5) is 49.2. The van der Waals surface area contributed by atoms with Gasteiger partial charge in [0.2, 0.25) is 17.6 Å². The summed E-state index contributed by atoms with van der Waals surface area (Å²) in [6, 6.07) is 6.22. The van der Waals surface area contributed by atoms with E-state index in [0.717, 1.165) is 23.7 Å². The second kappa shape index (κ2) is 12.6. The van der Waals surface area contributed by atoms with Gasteiger partial charge in [-0.2, -0.15) is 0 Å². The number of piperidine rings is 1. The van der Waals surface area contributed by atoms with Crippen LogP contribution >= 0.6 is 0 Å². The lowest BCUT2D eigenvalue weighted by atomic mass is 9.88. The van der Waals surface area contributed by atoms with E-state index in [-0.39, 0.29) is 36.1 Å². The molecular weight excluding hydrogens is 498 g/mol. The van der Waals surface area contributed by atoms with E-state index in [9.17, 15) is 14.4 Å². The number of Topliss-reactive ketones (excluding diaryl/α,β-unsaturated/α-hetero) is 1. The van der Waals surface area contributed by atoms with Gasteiger partial charge < -0.3 is 30.6 Å². The number of ketones is 1. The van der Waals surface area contributed by atoms with Gasteiger partial charge in [-0.15, -0.1) is 0 Å². The third kappa shape index (κ3) is 7.78. The molecule has 2 fully saturated rings. The number of nitrogens with one attached hydrogen (secondary N) is 1. The van der Waals surface area contributed by atoms with Gasteiger partial charge in [0.1, 0.15) is 5.52 Å². The third-order valence-electron chi connectivity index (χ3n) is 8.05. The van der Waals surface area contributed by atoms with Gasteiger partial charge in [0.15, 0.2) is 11.5 Å². The molecule has 3 heterocycles. The normalized spacial score (nSPS) is 20.2. The smallest absolute Gasteiger partial charge is 0.266 e. The second-order valence-corrected chi connectivity index (χ2v) is 11.6. The van der Waals surface area contributed by atoms with Gasteiger partial charge in [0.25, 0.3) is 5.89 Å². The van der Waals surface area contributed by atoms with Gasteiger partial charge in [-0.1, -0.05) is 12.1 Å². The number of amides is 2. The van der Waals surface area contributed by atoms with Gasteiger partial charge >= 0.3 is 0 Å². The quantitative estimate of drug-likeness (QED) is 0.121. The number of oxazole rings is 1. The number of likely N-dealkylation sites (tertiary alicyclic amines) is 2. The Hall–Kier alpha value is -3.47. The Morgan fingerprint density at radius 2 is 1.92 bits per heavy atom. The van der Waals surface area contributed by atoms with Crippen molar-refractivity contribution >= 4 is 34.7 Å². The molecule has 1 aromatic carbocycles. The van der Waals surface area contributed by atoms with Crippen molar-refractivity contribution < 1.29 is 23.3 Å². The molecular formula is C28H42N7O4+. The fourth-order valence-electron chi connectivity index (χ4n) is 5.59. The number of guanidine groups is 1. The van der Waals surface area contributed by atoms with Gasteiger partial charge in [-0.3, -0.25) is 19.4 Å². The van der Waals surface area contributed by atoms with Crippen molar-refractivity contribution in [3.05, 3.63) is 30.2 Å². The first-order valence-corrected chi connectivity index (χ1v) is 14.0. The molecule has 5 N–H and O–H groups in total. The number of aliphatic imine (C=N–C) groups is 1. The Labute approximate surface area is 229 Å². The summed E-state index contributed by atoms with van der Waals surface area (Å²) in [5, 5.41) is 2.81. The number of aromatic nitrogens is 1. The summed E-state index contributed by atoms with van der Waals surface area (Å²) in [5.74, 6) is -0.221. The van der Waals surface area contributed by atoms with Crippen LogP contribution in [0.4, 0.5) is 0 Å². The standard InChI is InChI=1S/C28H41N7O4/c1-35(2)16-12-19(13-17-35)9-10-20-11-15-34(27(20)38)18-24(36)32-22(7-5-14-31-28(29)30)25(37)26-33-21-6-3-4-8-23(21)39-26/h3-4,6,8,19-20,22H,5,7,9-18H2,1-2H3,(H4-,29,30,31,32,36)/p+1/t20?,22-/m0/s1. The van der Waals surface area contributed by atoms with Crippen LogP contribution in [0.25, 0.3) is 11.1 Å². The molecule has 0 bridgehead atoms. The van der Waals surface area contributed by atoms with Gasteiger partial charge in [-0.05, 0) is 63.0 Å². The van der Waals surface area contributed by atoms with Crippen molar-refractivity contribution in [2.45, 2.75) is 51.0 Å². The highest BCUT2D eigenvalue weighted by Gasteiger charge is 2.35. The van der Waals surface area contributed by atoms with Crippen LogP contribution in [-0.4, -0.2) is 90.8 Å². The monoisotopic (exact) mass is 540 g/mol. The minimum atomic E-state index is -0.873. The highest BCUT2D eigenvalue weighted by molar-refractivity contribution is 6.00. The number of benzene rings is 1. The molecule has 2 aliphatic rings. The average molecular weight is 541 g/mol. The number of nitrogens with zero attached hydrogens (tertiary/aromatic N) is 4. The Kier molecular flexibility index (Phi) is 9.21. The number of hydrogen-bond acceptors (Lipinski definition) is 6. The lowest BCUT2D eigenvalue weighted by molar-refractivity contribution is -0.896. The zero-order valence-corrected chi connectivity index (χ0v) is 23.1. The van der Waals surface area contributed by atoms with Crippen LogP contribution in [0.3, 0.4) is 0 Å². The topological polar surface area (TPSA) is 157 Å². The minimum absolute atomic E-state index is 0.0287. The van der Waals surface area contributed by atoms with Crippen LogP contribution < -0.4 is 16.8 Å². The highest BCUT2D eigenvalue weighted by Crippen LogP contribution is 2.29. The van der Waals surface area contributed by atoms with Crippen LogP contribution in [0.15, 0.2) is 33.7 Å². The Morgan fingerprint density at radius 1 is 1.18 bits per heavy atom. The van der Waals surface area contributed by atoms with Gasteiger partial charge in [-0.25, -0.2) is 4.98 Å².